The molecule has 2 heteroatoms. The molecular formula is C15H18O2. The van der Waals surface area contributed by atoms with Crippen molar-refractivity contribution in [2.45, 2.75) is 38.2 Å². The largest absolute Gasteiger partial charge is 0.370 e. The van der Waals surface area contributed by atoms with Gasteiger partial charge in [-0.3, -0.25) is 4.79 Å². The van der Waals surface area contributed by atoms with Gasteiger partial charge in [0.15, 0.2) is 5.78 Å². The summed E-state index contributed by atoms with van der Waals surface area (Å²) in [5, 5.41) is 0. The number of ketones is 1. The molecule has 2 nitrogen and oxygen atoms in total. The van der Waals surface area contributed by atoms with E-state index < -0.39 is 0 Å². The Morgan fingerprint density at radius 3 is 2.41 bits per heavy atom. The van der Waals surface area contributed by atoms with E-state index in [4.69, 9.17) is 4.74 Å². The van der Waals surface area contributed by atoms with E-state index in [1.807, 2.05) is 0 Å². The second kappa shape index (κ2) is 4.61. The Labute approximate surface area is 102 Å². The Morgan fingerprint density at radius 2 is 1.82 bits per heavy atom. The van der Waals surface area contributed by atoms with Crippen LogP contribution in [0.2, 0.25) is 0 Å². The highest BCUT2D eigenvalue weighted by molar-refractivity contribution is 5.86. The summed E-state index contributed by atoms with van der Waals surface area (Å²) < 4.78 is 5.60. The number of fused-ring (bicyclic) bond motifs is 1. The summed E-state index contributed by atoms with van der Waals surface area (Å²) in [6.45, 7) is 0.760. The summed E-state index contributed by atoms with van der Waals surface area (Å²) in [5.41, 5.74) is 2.70. The first-order chi connectivity index (χ1) is 8.34. The summed E-state index contributed by atoms with van der Waals surface area (Å²) in [4.78, 5) is 12.3. The number of ether oxygens (including phenoxy) is 1. The fraction of sp³-hybridized carbons (Fsp3) is 0.533. The highest BCUT2D eigenvalue weighted by Gasteiger charge is 2.33. The molecule has 0 amide bonds. The van der Waals surface area contributed by atoms with E-state index in [9.17, 15) is 4.79 Å². The molecule has 1 aliphatic heterocycles. The minimum Gasteiger partial charge on any atom is -0.370 e. The minimum absolute atomic E-state index is 0.122. The highest BCUT2D eigenvalue weighted by atomic mass is 16.5. The zero-order valence-corrected chi connectivity index (χ0v) is 10.0. The minimum atomic E-state index is -0.122. The molecule has 1 saturated heterocycles. The topological polar surface area (TPSA) is 26.3 Å². The Kier molecular flexibility index (Phi) is 2.98. The van der Waals surface area contributed by atoms with Gasteiger partial charge >= 0.3 is 0 Å². The van der Waals surface area contributed by atoms with Crippen LogP contribution in [-0.4, -0.2) is 18.5 Å². The Bertz CT molecular complexity index is 394. The van der Waals surface area contributed by atoms with Crippen molar-refractivity contribution in [1.82, 2.24) is 0 Å². The highest BCUT2D eigenvalue weighted by Crippen LogP contribution is 2.29. The molecule has 3 rings (SSSR count). The van der Waals surface area contributed by atoms with Gasteiger partial charge in [-0.25, -0.2) is 0 Å². The van der Waals surface area contributed by atoms with E-state index in [-0.39, 0.29) is 12.0 Å². The lowest BCUT2D eigenvalue weighted by Gasteiger charge is -2.23. The van der Waals surface area contributed by atoms with Crippen molar-refractivity contribution in [2.24, 2.45) is 5.92 Å². The third-order valence-electron chi connectivity index (χ3n) is 3.95. The van der Waals surface area contributed by atoms with Gasteiger partial charge in [-0.2, -0.15) is 0 Å². The quantitative estimate of drug-likeness (QED) is 0.780. The molecule has 1 fully saturated rings. The van der Waals surface area contributed by atoms with Gasteiger partial charge in [0.05, 0.1) is 0 Å². The van der Waals surface area contributed by atoms with Crippen molar-refractivity contribution < 1.29 is 9.53 Å². The van der Waals surface area contributed by atoms with Crippen LogP contribution in [0.3, 0.4) is 0 Å². The molecule has 90 valence electrons. The summed E-state index contributed by atoms with van der Waals surface area (Å²) >= 11 is 0. The molecule has 17 heavy (non-hydrogen) atoms. The summed E-state index contributed by atoms with van der Waals surface area (Å²) in [5.74, 6) is 0.497. The molecule has 1 atom stereocenters. The zero-order valence-electron chi connectivity index (χ0n) is 10.0. The second-order valence-corrected chi connectivity index (χ2v) is 5.13. The van der Waals surface area contributed by atoms with Crippen molar-refractivity contribution in [1.29, 1.82) is 0 Å². The van der Waals surface area contributed by atoms with Crippen LogP contribution in [-0.2, 0) is 22.4 Å². The lowest BCUT2D eigenvalue weighted by atomic mass is 9.93. The molecule has 1 aliphatic carbocycles. The van der Waals surface area contributed by atoms with Crippen LogP contribution in [0, 0.1) is 5.92 Å². The molecule has 0 radical (unpaired) electrons. The molecule has 1 aromatic rings. The molecule has 0 saturated carbocycles. The second-order valence-electron chi connectivity index (χ2n) is 5.13. The lowest BCUT2D eigenvalue weighted by Crippen LogP contribution is -2.33. The summed E-state index contributed by atoms with van der Waals surface area (Å²) in [7, 11) is 0. The molecule has 0 aromatic heterocycles. The first-order valence-corrected chi connectivity index (χ1v) is 6.57. The van der Waals surface area contributed by atoms with Crippen LogP contribution in [0.1, 0.15) is 30.4 Å². The van der Waals surface area contributed by atoms with Gasteiger partial charge in [-0.15, -0.1) is 0 Å². The van der Waals surface area contributed by atoms with Crippen LogP contribution >= 0.6 is 0 Å². The molecule has 0 spiro atoms. The van der Waals surface area contributed by atoms with E-state index in [2.05, 4.69) is 24.3 Å². The van der Waals surface area contributed by atoms with Crippen LogP contribution in [0.15, 0.2) is 24.3 Å². The molecule has 1 heterocycles. The third-order valence-corrected chi connectivity index (χ3v) is 3.95. The lowest BCUT2D eigenvalue weighted by molar-refractivity contribution is -0.137. The van der Waals surface area contributed by atoms with Crippen LogP contribution in [0.4, 0.5) is 0 Å². The molecular weight excluding hydrogens is 212 g/mol. The third kappa shape index (κ3) is 2.14. The van der Waals surface area contributed by atoms with Crippen molar-refractivity contribution in [3.05, 3.63) is 35.4 Å². The normalized spacial score (nSPS) is 24.6. The number of hydrogen-bond donors (Lipinski definition) is 0. The van der Waals surface area contributed by atoms with Crippen molar-refractivity contribution in [2.75, 3.05) is 6.61 Å². The van der Waals surface area contributed by atoms with E-state index >= 15 is 0 Å². The Morgan fingerprint density at radius 1 is 1.12 bits per heavy atom. The predicted octanol–water partition coefficient (Wildman–Crippen LogP) is 2.54. The molecule has 2 aliphatic rings. The van der Waals surface area contributed by atoms with Gasteiger partial charge < -0.3 is 4.74 Å². The van der Waals surface area contributed by atoms with Gasteiger partial charge in [0.25, 0.3) is 0 Å². The van der Waals surface area contributed by atoms with Gasteiger partial charge in [-0.05, 0) is 43.2 Å². The van der Waals surface area contributed by atoms with Gasteiger partial charge in [0.1, 0.15) is 6.10 Å². The average Bonchev–Trinajstić information content (AvgIpc) is 2.82. The van der Waals surface area contributed by atoms with E-state index in [1.54, 1.807) is 0 Å². The Balaban J connectivity index is 1.69. The van der Waals surface area contributed by atoms with Gasteiger partial charge in [0, 0.05) is 12.5 Å². The number of rotatable bonds is 2. The van der Waals surface area contributed by atoms with Gasteiger partial charge in [-0.1, -0.05) is 24.3 Å². The first-order valence-electron chi connectivity index (χ1n) is 6.57. The summed E-state index contributed by atoms with van der Waals surface area (Å²) in [6, 6.07) is 8.40. The molecule has 0 N–H and O–H groups in total. The monoisotopic (exact) mass is 230 g/mol. The number of Topliss-reactive ketones (excluding diaryl/α,β-unsaturated/α-hetero) is 1. The standard InChI is InChI=1S/C15H18O2/c16-15(14-7-3-4-8-17-14)13-9-11-5-1-2-6-12(11)10-13/h1-2,5-6,13-14H,3-4,7-10H2. The SMILES string of the molecule is O=C(C1Cc2ccccc2C1)C1CCCCO1. The maximum Gasteiger partial charge on any atom is 0.165 e. The molecule has 1 unspecified atom stereocenters. The molecule has 0 bridgehead atoms. The van der Waals surface area contributed by atoms with Crippen molar-refractivity contribution in [3.8, 4) is 0 Å². The van der Waals surface area contributed by atoms with E-state index in [1.165, 1.54) is 11.1 Å². The fourth-order valence-electron chi connectivity index (χ4n) is 2.99. The number of hydrogen-bond acceptors (Lipinski definition) is 2. The number of carbonyl (C=O) groups is 1. The van der Waals surface area contributed by atoms with Crippen LogP contribution < -0.4 is 0 Å². The Hall–Kier alpha value is -1.15. The van der Waals surface area contributed by atoms with Crippen LogP contribution in [0.25, 0.3) is 0 Å². The van der Waals surface area contributed by atoms with Crippen molar-refractivity contribution in [3.63, 3.8) is 0 Å². The molecule has 1 aromatic carbocycles. The van der Waals surface area contributed by atoms with Crippen LogP contribution in [0.5, 0.6) is 0 Å². The van der Waals surface area contributed by atoms with Crippen molar-refractivity contribution >= 4 is 5.78 Å². The number of carbonyl (C=O) groups excluding carboxylic acids is 1. The zero-order chi connectivity index (χ0) is 11.7. The maximum absolute atomic E-state index is 12.3. The number of benzene rings is 1. The average molecular weight is 230 g/mol. The van der Waals surface area contributed by atoms with Gasteiger partial charge in [0.2, 0.25) is 0 Å². The smallest absolute Gasteiger partial charge is 0.165 e. The summed E-state index contributed by atoms with van der Waals surface area (Å²) in [6.07, 6.45) is 4.86. The fourth-order valence-corrected chi connectivity index (χ4v) is 2.99. The van der Waals surface area contributed by atoms with E-state index in [0.29, 0.717) is 5.78 Å². The predicted molar refractivity (Wildman–Crippen MR) is 65.9 cm³/mol. The van der Waals surface area contributed by atoms with E-state index in [0.717, 1.165) is 38.7 Å². The maximum atomic E-state index is 12.3. The first kappa shape index (κ1) is 11.0.